The minimum Gasteiger partial charge on any atom is -0.357 e. The minimum absolute atomic E-state index is 0.477. The van der Waals surface area contributed by atoms with Crippen LogP contribution in [-0.4, -0.2) is 24.7 Å². The third kappa shape index (κ3) is 5.04. The van der Waals surface area contributed by atoms with E-state index in [9.17, 15) is 0 Å². The van der Waals surface area contributed by atoms with Gasteiger partial charge in [0.05, 0.1) is 47.1 Å². The van der Waals surface area contributed by atoms with E-state index in [0.717, 1.165) is 34.9 Å². The van der Waals surface area contributed by atoms with Crippen molar-refractivity contribution in [3.05, 3.63) is 62.1 Å². The summed E-state index contributed by atoms with van der Waals surface area (Å²) in [6, 6.07) is 5.45. The van der Waals surface area contributed by atoms with Crippen LogP contribution in [-0.2, 0) is 19.6 Å². The van der Waals surface area contributed by atoms with E-state index in [-0.39, 0.29) is 0 Å². The molecule has 0 amide bonds. The zero-order valence-electron chi connectivity index (χ0n) is 16.3. The molecule has 0 aliphatic heterocycles. The second-order valence-electron chi connectivity index (χ2n) is 6.50. The molecule has 1 aromatic carbocycles. The number of hydrogen-bond donors (Lipinski definition) is 2. The molecule has 0 saturated heterocycles. The first kappa shape index (κ1) is 21.9. The highest BCUT2D eigenvalue weighted by atomic mass is 35.5. The summed E-state index contributed by atoms with van der Waals surface area (Å²) in [5.41, 5.74) is 4.49. The molecule has 0 atom stereocenters. The molecule has 0 unspecified atom stereocenters. The fourth-order valence-electron chi connectivity index (χ4n) is 3.00. The van der Waals surface area contributed by atoms with Crippen molar-refractivity contribution in [2.24, 2.45) is 0 Å². The maximum absolute atomic E-state index is 6.30. The molecule has 0 aliphatic carbocycles. The summed E-state index contributed by atoms with van der Waals surface area (Å²) >= 11 is 23.9. The van der Waals surface area contributed by atoms with E-state index in [0.29, 0.717) is 33.3 Å². The van der Waals surface area contributed by atoms with Crippen LogP contribution in [0.5, 0.6) is 0 Å². The first-order chi connectivity index (χ1) is 13.8. The maximum atomic E-state index is 6.30. The Morgan fingerprint density at radius 1 is 1.14 bits per heavy atom. The Labute approximate surface area is 190 Å². The van der Waals surface area contributed by atoms with Crippen molar-refractivity contribution >= 4 is 57.8 Å². The molecular formula is C19H21Cl3N6S. The highest BCUT2D eigenvalue weighted by Crippen LogP contribution is 2.25. The van der Waals surface area contributed by atoms with Gasteiger partial charge in [-0.1, -0.05) is 40.9 Å². The van der Waals surface area contributed by atoms with E-state index in [1.807, 2.05) is 42.3 Å². The highest BCUT2D eigenvalue weighted by Gasteiger charge is 2.15. The van der Waals surface area contributed by atoms with Crippen LogP contribution in [0.3, 0.4) is 0 Å². The molecule has 2 N–H and O–H groups in total. The maximum Gasteiger partial charge on any atom is 0.171 e. The van der Waals surface area contributed by atoms with Crippen molar-refractivity contribution in [3.8, 4) is 0 Å². The summed E-state index contributed by atoms with van der Waals surface area (Å²) in [5, 5.41) is 17.6. The number of benzene rings is 1. The number of aromatic nitrogens is 4. The lowest BCUT2D eigenvalue weighted by Gasteiger charge is -2.12. The number of anilines is 1. The number of nitrogens with one attached hydrogen (secondary N) is 2. The van der Waals surface area contributed by atoms with E-state index < -0.39 is 0 Å². The summed E-state index contributed by atoms with van der Waals surface area (Å²) in [4.78, 5) is 0. The fraction of sp³-hybridized carbons (Fsp3) is 0.316. The van der Waals surface area contributed by atoms with Crippen molar-refractivity contribution in [1.29, 1.82) is 0 Å². The highest BCUT2D eigenvalue weighted by molar-refractivity contribution is 7.80. The van der Waals surface area contributed by atoms with Gasteiger partial charge in [0, 0.05) is 16.6 Å². The molecule has 6 nitrogen and oxygen atoms in total. The lowest BCUT2D eigenvalue weighted by Crippen LogP contribution is -2.29. The smallest absolute Gasteiger partial charge is 0.171 e. The van der Waals surface area contributed by atoms with Crippen LogP contribution in [0.4, 0.5) is 5.69 Å². The quantitative estimate of drug-likeness (QED) is 0.483. The Balaban J connectivity index is 1.69. The Hall–Kier alpha value is -1.80. The fourth-order valence-corrected chi connectivity index (χ4v) is 3.85. The number of halogens is 3. The van der Waals surface area contributed by atoms with E-state index in [4.69, 9.17) is 47.0 Å². The van der Waals surface area contributed by atoms with Crippen molar-refractivity contribution in [2.45, 2.75) is 40.4 Å². The van der Waals surface area contributed by atoms with Crippen LogP contribution in [0.25, 0.3) is 0 Å². The van der Waals surface area contributed by atoms with Gasteiger partial charge in [-0.2, -0.15) is 10.2 Å². The predicted molar refractivity (Wildman–Crippen MR) is 123 cm³/mol. The minimum atomic E-state index is 0.477. The molecule has 10 heteroatoms. The third-order valence-electron chi connectivity index (χ3n) is 4.57. The van der Waals surface area contributed by atoms with Crippen LogP contribution in [0.2, 0.25) is 15.1 Å². The van der Waals surface area contributed by atoms with Crippen LogP contribution in [0.15, 0.2) is 24.4 Å². The monoisotopic (exact) mass is 470 g/mol. The summed E-state index contributed by atoms with van der Waals surface area (Å²) in [6.07, 6.45) is 1.64. The van der Waals surface area contributed by atoms with Gasteiger partial charge in [0.1, 0.15) is 0 Å². The van der Waals surface area contributed by atoms with E-state index in [2.05, 4.69) is 20.8 Å². The number of aryl methyl sites for hydroxylation is 2. The SMILES string of the molecule is CCn1ncc(Cl)c1CNC(=S)Nc1c(C)nn(Cc2ccc(Cl)cc2Cl)c1C. The molecule has 0 saturated carbocycles. The molecule has 0 spiro atoms. The molecule has 0 fully saturated rings. The Morgan fingerprint density at radius 2 is 1.90 bits per heavy atom. The van der Waals surface area contributed by atoms with Gasteiger partial charge in [-0.05, 0) is 50.7 Å². The summed E-state index contributed by atoms with van der Waals surface area (Å²) in [6.45, 7) is 7.68. The largest absolute Gasteiger partial charge is 0.357 e. The average Bonchev–Trinajstić information content (AvgIpc) is 3.16. The van der Waals surface area contributed by atoms with E-state index in [1.54, 1.807) is 12.3 Å². The molecular weight excluding hydrogens is 451 g/mol. The standard InChI is InChI=1S/C19H21Cl3N6S/c1-4-27-17(16(22)8-24-27)9-23-19(29)25-18-11(2)26-28(12(18)3)10-13-5-6-14(20)7-15(13)21/h5-8H,4,9-10H2,1-3H3,(H2,23,25,29). The van der Waals surface area contributed by atoms with Crippen LogP contribution in [0, 0.1) is 13.8 Å². The van der Waals surface area contributed by atoms with Crippen LogP contribution >= 0.6 is 47.0 Å². The van der Waals surface area contributed by atoms with Gasteiger partial charge < -0.3 is 10.6 Å². The second-order valence-corrected chi connectivity index (χ2v) is 8.16. The second kappa shape index (κ2) is 9.34. The van der Waals surface area contributed by atoms with Crippen molar-refractivity contribution < 1.29 is 0 Å². The van der Waals surface area contributed by atoms with Gasteiger partial charge >= 0.3 is 0 Å². The average molecular weight is 472 g/mol. The molecule has 29 heavy (non-hydrogen) atoms. The van der Waals surface area contributed by atoms with Gasteiger partial charge in [0.2, 0.25) is 0 Å². The third-order valence-corrected chi connectivity index (χ3v) is 5.72. The molecule has 2 aromatic heterocycles. The number of hydrogen-bond acceptors (Lipinski definition) is 3. The summed E-state index contributed by atoms with van der Waals surface area (Å²) < 4.78 is 3.72. The molecule has 2 heterocycles. The predicted octanol–water partition coefficient (Wildman–Crippen LogP) is 5.21. The van der Waals surface area contributed by atoms with Crippen LogP contribution < -0.4 is 10.6 Å². The lowest BCUT2D eigenvalue weighted by atomic mass is 10.2. The molecule has 3 aromatic rings. The molecule has 0 radical (unpaired) electrons. The zero-order chi connectivity index (χ0) is 21.1. The Kier molecular flexibility index (Phi) is 7.05. The first-order valence-corrected chi connectivity index (χ1v) is 10.6. The molecule has 0 aliphatic rings. The van der Waals surface area contributed by atoms with Gasteiger partial charge in [0.15, 0.2) is 5.11 Å². The van der Waals surface area contributed by atoms with Gasteiger partial charge in [-0.15, -0.1) is 0 Å². The van der Waals surface area contributed by atoms with Crippen molar-refractivity contribution in [3.63, 3.8) is 0 Å². The molecule has 0 bridgehead atoms. The summed E-state index contributed by atoms with van der Waals surface area (Å²) in [5.74, 6) is 0. The van der Waals surface area contributed by atoms with Gasteiger partial charge in [-0.25, -0.2) is 0 Å². The number of nitrogens with zero attached hydrogens (tertiary/aromatic N) is 4. The van der Waals surface area contributed by atoms with Crippen molar-refractivity contribution in [1.82, 2.24) is 24.9 Å². The Morgan fingerprint density at radius 3 is 2.59 bits per heavy atom. The first-order valence-electron chi connectivity index (χ1n) is 9.03. The van der Waals surface area contributed by atoms with Crippen LogP contribution in [0.1, 0.15) is 29.6 Å². The van der Waals surface area contributed by atoms with Gasteiger partial charge in [0.25, 0.3) is 0 Å². The zero-order valence-corrected chi connectivity index (χ0v) is 19.3. The lowest BCUT2D eigenvalue weighted by molar-refractivity contribution is 0.614. The molecule has 3 rings (SSSR count). The topological polar surface area (TPSA) is 59.7 Å². The van der Waals surface area contributed by atoms with E-state index in [1.165, 1.54) is 0 Å². The Bertz CT molecular complexity index is 1040. The van der Waals surface area contributed by atoms with E-state index >= 15 is 0 Å². The van der Waals surface area contributed by atoms with Crippen molar-refractivity contribution in [2.75, 3.05) is 5.32 Å². The number of thiocarbonyl (C=S) groups is 1. The number of rotatable bonds is 6. The van der Waals surface area contributed by atoms with Gasteiger partial charge in [-0.3, -0.25) is 9.36 Å². The normalized spacial score (nSPS) is 11.0. The summed E-state index contributed by atoms with van der Waals surface area (Å²) in [7, 11) is 0. The molecule has 154 valence electrons.